The van der Waals surface area contributed by atoms with Crippen LogP contribution in [-0.2, 0) is 22.7 Å². The van der Waals surface area contributed by atoms with Gasteiger partial charge in [-0.2, -0.15) is 4.98 Å². The third kappa shape index (κ3) is 3.64. The van der Waals surface area contributed by atoms with Crippen LogP contribution in [0.5, 0.6) is 0 Å². The van der Waals surface area contributed by atoms with Crippen LogP contribution in [0.2, 0.25) is 0 Å². The molecule has 2 aromatic rings. The molecule has 0 bridgehead atoms. The third-order valence-electron chi connectivity index (χ3n) is 3.35. The minimum Gasteiger partial charge on any atom is -0.369 e. The van der Waals surface area contributed by atoms with E-state index in [1.54, 1.807) is 4.57 Å². The van der Waals surface area contributed by atoms with E-state index in [1.807, 2.05) is 0 Å². The van der Waals surface area contributed by atoms with Crippen molar-refractivity contribution in [3.63, 3.8) is 0 Å². The Morgan fingerprint density at radius 1 is 1.50 bits per heavy atom. The molecule has 0 spiro atoms. The Labute approximate surface area is 135 Å². The molecule has 4 N–H and O–H groups in total. The highest BCUT2D eigenvalue weighted by molar-refractivity contribution is 7.47. The van der Waals surface area contributed by atoms with Crippen molar-refractivity contribution >= 4 is 33.6 Å². The molecule has 0 aliphatic carbocycles. The first-order valence-corrected chi connectivity index (χ1v) is 8.99. The average Bonchev–Trinajstić information content (AvgIpc) is 3.10. The Morgan fingerprint density at radius 2 is 2.29 bits per heavy atom. The van der Waals surface area contributed by atoms with Crippen molar-refractivity contribution in [2.75, 3.05) is 12.3 Å². The van der Waals surface area contributed by atoms with Crippen LogP contribution in [0.3, 0.4) is 0 Å². The quantitative estimate of drug-likeness (QED) is 0.609. The molecular formula is C10H13N5O7P2+2. The first kappa shape index (κ1) is 17.0. The van der Waals surface area contributed by atoms with Gasteiger partial charge in [0, 0.05) is 9.13 Å². The zero-order chi connectivity index (χ0) is 17.3. The van der Waals surface area contributed by atoms with Gasteiger partial charge in [-0.25, -0.2) is 4.98 Å². The summed E-state index contributed by atoms with van der Waals surface area (Å²) in [7, 11) is -5.68. The van der Waals surface area contributed by atoms with Gasteiger partial charge in [0.05, 0.1) is 12.4 Å². The number of ether oxygens (including phenoxy) is 1. The van der Waals surface area contributed by atoms with E-state index in [0.717, 1.165) is 0 Å². The summed E-state index contributed by atoms with van der Waals surface area (Å²) in [6, 6.07) is 0. The summed E-state index contributed by atoms with van der Waals surface area (Å²) in [6.07, 6.45) is 1.76. The van der Waals surface area contributed by atoms with Crippen LogP contribution in [0.1, 0.15) is 19.1 Å². The maximum atomic E-state index is 11.8. The molecule has 2 unspecified atom stereocenters. The van der Waals surface area contributed by atoms with Gasteiger partial charge in [0.1, 0.15) is 12.8 Å². The predicted molar refractivity (Wildman–Crippen MR) is 80.2 cm³/mol. The Balaban J connectivity index is 1.67. The molecule has 128 valence electrons. The van der Waals surface area contributed by atoms with Crippen LogP contribution in [-0.4, -0.2) is 37.1 Å². The monoisotopic (exact) mass is 377 g/mol. The van der Waals surface area contributed by atoms with Crippen LogP contribution in [0, 0.1) is 0 Å². The molecule has 0 amide bonds. The summed E-state index contributed by atoms with van der Waals surface area (Å²) >= 11 is 0. The fourth-order valence-electron chi connectivity index (χ4n) is 2.39. The number of hydrogen-bond donors (Lipinski definition) is 3. The van der Waals surface area contributed by atoms with Gasteiger partial charge < -0.3 is 10.5 Å². The van der Waals surface area contributed by atoms with Gasteiger partial charge in [-0.15, -0.1) is 9.42 Å². The summed E-state index contributed by atoms with van der Waals surface area (Å²) in [5, 5.41) is 0. The molecule has 1 aliphatic rings. The van der Waals surface area contributed by atoms with Crippen LogP contribution >= 0.6 is 16.5 Å². The standard InChI is InChI=1S/C10H11N5O7P2/c11-10-13-8-7(9(16)14-10)12-4-15(8)6-2-1-5(21-6)3-20-24(19)22-23(17)18/h4-6H,1-3H2,(H2-2,11,13,14,16,17,18)/p+2/t5-,6+/m0/s1. The topological polar surface area (TPSA) is 172 Å². The minimum atomic E-state index is -2.99. The highest BCUT2D eigenvalue weighted by Gasteiger charge is 2.39. The molecule has 2 aromatic heterocycles. The third-order valence-corrected chi connectivity index (χ3v) is 4.80. The van der Waals surface area contributed by atoms with Crippen LogP contribution in [0.15, 0.2) is 11.1 Å². The molecule has 24 heavy (non-hydrogen) atoms. The number of imidazole rings is 1. The lowest BCUT2D eigenvalue weighted by Gasteiger charge is -2.13. The van der Waals surface area contributed by atoms with E-state index in [1.165, 1.54) is 6.33 Å². The maximum absolute atomic E-state index is 11.8. The van der Waals surface area contributed by atoms with E-state index in [-0.39, 0.29) is 18.1 Å². The molecule has 0 saturated carbocycles. The van der Waals surface area contributed by atoms with Crippen molar-refractivity contribution in [3.05, 3.63) is 16.7 Å². The summed E-state index contributed by atoms with van der Waals surface area (Å²) in [4.78, 5) is 30.6. The molecule has 14 heteroatoms. The molecule has 0 radical (unpaired) electrons. The zero-order valence-corrected chi connectivity index (χ0v) is 13.9. The van der Waals surface area contributed by atoms with Crippen LogP contribution in [0.25, 0.3) is 11.2 Å². The van der Waals surface area contributed by atoms with Gasteiger partial charge in [0.25, 0.3) is 5.56 Å². The normalized spacial score (nSPS) is 22.0. The minimum absolute atomic E-state index is 0.0283. The molecule has 3 heterocycles. The SMILES string of the molecule is Nc1nc2c(ncn2[C@H]2CC[C@@H](CO[P+](=O)O[P+](=O)O)O2)c(=O)[nH]1. The van der Waals surface area contributed by atoms with Gasteiger partial charge >= 0.3 is 16.5 Å². The number of hydrogen-bond acceptors (Lipinski definition) is 9. The molecular weight excluding hydrogens is 364 g/mol. The van der Waals surface area contributed by atoms with Crippen LogP contribution in [0.4, 0.5) is 5.95 Å². The smallest absolute Gasteiger partial charge is 0.369 e. The summed E-state index contributed by atoms with van der Waals surface area (Å²) < 4.78 is 37.8. The Hall–Kier alpha value is -1.81. The van der Waals surface area contributed by atoms with Gasteiger partial charge in [-0.3, -0.25) is 14.3 Å². The van der Waals surface area contributed by atoms with Crippen molar-refractivity contribution in [1.29, 1.82) is 0 Å². The van der Waals surface area contributed by atoms with Crippen molar-refractivity contribution in [2.45, 2.75) is 25.2 Å². The van der Waals surface area contributed by atoms with E-state index >= 15 is 0 Å². The zero-order valence-electron chi connectivity index (χ0n) is 12.1. The first-order chi connectivity index (χ1) is 11.4. The van der Waals surface area contributed by atoms with Gasteiger partial charge in [-0.05, 0) is 12.8 Å². The number of aromatic amines is 1. The van der Waals surface area contributed by atoms with Crippen molar-refractivity contribution in [1.82, 2.24) is 19.5 Å². The Morgan fingerprint density at radius 3 is 3.04 bits per heavy atom. The number of nitrogens with two attached hydrogens (primary N) is 1. The number of nitrogen functional groups attached to an aromatic ring is 1. The molecule has 0 aromatic carbocycles. The van der Waals surface area contributed by atoms with Crippen LogP contribution < -0.4 is 11.3 Å². The first-order valence-electron chi connectivity index (χ1n) is 6.76. The molecule has 1 aliphatic heterocycles. The summed E-state index contributed by atoms with van der Waals surface area (Å²) in [6.45, 7) is -0.0718. The number of H-pyrrole nitrogens is 1. The van der Waals surface area contributed by atoms with E-state index in [0.29, 0.717) is 18.5 Å². The Kier molecular flexibility index (Phi) is 4.95. The van der Waals surface area contributed by atoms with E-state index in [9.17, 15) is 13.9 Å². The fraction of sp³-hybridized carbons (Fsp3) is 0.500. The average molecular weight is 377 g/mol. The molecule has 1 saturated heterocycles. The second kappa shape index (κ2) is 6.98. The Bertz CT molecular complexity index is 852. The second-order valence-electron chi connectivity index (χ2n) is 4.90. The second-order valence-corrected chi connectivity index (χ2v) is 6.74. The largest absolute Gasteiger partial charge is 0.747 e. The molecule has 12 nitrogen and oxygen atoms in total. The van der Waals surface area contributed by atoms with Gasteiger partial charge in [-0.1, -0.05) is 0 Å². The highest BCUT2D eigenvalue weighted by Crippen LogP contribution is 2.37. The lowest BCUT2D eigenvalue weighted by atomic mass is 10.2. The number of rotatable bonds is 6. The lowest BCUT2D eigenvalue weighted by Crippen LogP contribution is -2.16. The fourth-order valence-corrected chi connectivity index (χ4v) is 3.33. The summed E-state index contributed by atoms with van der Waals surface area (Å²) in [5.74, 6) is -0.0283. The van der Waals surface area contributed by atoms with Crippen molar-refractivity contribution in [3.8, 4) is 0 Å². The highest BCUT2D eigenvalue weighted by atomic mass is 31.2. The maximum Gasteiger partial charge on any atom is 0.747 e. The molecule has 3 rings (SSSR count). The molecule has 4 atom stereocenters. The number of fused-ring (bicyclic) bond motifs is 1. The summed E-state index contributed by atoms with van der Waals surface area (Å²) in [5.41, 5.74) is 5.55. The van der Waals surface area contributed by atoms with E-state index in [4.69, 9.17) is 19.9 Å². The van der Waals surface area contributed by atoms with Gasteiger partial charge in [0.15, 0.2) is 15.5 Å². The number of nitrogens with one attached hydrogen (secondary N) is 1. The number of aromatic nitrogens is 4. The molecule has 1 fully saturated rings. The number of anilines is 1. The van der Waals surface area contributed by atoms with Gasteiger partial charge in [0.2, 0.25) is 5.95 Å². The lowest BCUT2D eigenvalue weighted by molar-refractivity contribution is -0.0160. The predicted octanol–water partition coefficient (Wildman–Crippen LogP) is 0.720. The van der Waals surface area contributed by atoms with Crippen molar-refractivity contribution < 1.29 is 27.6 Å². The van der Waals surface area contributed by atoms with E-state index < -0.39 is 34.4 Å². The van der Waals surface area contributed by atoms with Crippen molar-refractivity contribution in [2.24, 2.45) is 0 Å². The number of nitrogens with zero attached hydrogens (tertiary/aromatic N) is 3. The van der Waals surface area contributed by atoms with E-state index in [2.05, 4.69) is 19.3 Å².